The van der Waals surface area contributed by atoms with Crippen molar-refractivity contribution < 1.29 is 26.7 Å². The van der Waals surface area contributed by atoms with Crippen LogP contribution in [0.3, 0.4) is 0 Å². The molecule has 1 aromatic heterocycles. The lowest BCUT2D eigenvalue weighted by molar-refractivity contribution is 0.0692. The second kappa shape index (κ2) is 4.43. The number of sulfone groups is 1. The number of aromatic carboxylic acids is 1. The molecule has 9 nitrogen and oxygen atoms in total. The van der Waals surface area contributed by atoms with Crippen molar-refractivity contribution in [2.45, 2.75) is 11.1 Å². The maximum Gasteiger partial charge on any atom is 0.340 e. The molecule has 0 saturated carbocycles. The summed E-state index contributed by atoms with van der Waals surface area (Å²) >= 11 is 0. The van der Waals surface area contributed by atoms with E-state index in [1.54, 1.807) is 0 Å². The summed E-state index contributed by atoms with van der Waals surface area (Å²) in [5.41, 5.74) is -0.516. The molecule has 0 bridgehead atoms. The number of rotatable bonds is 4. The number of carbonyl (C=O) groups is 1. The highest BCUT2D eigenvalue weighted by Gasteiger charge is 2.30. The zero-order valence-electron chi connectivity index (χ0n) is 9.27. The van der Waals surface area contributed by atoms with Gasteiger partial charge in [-0.25, -0.2) is 26.4 Å². The summed E-state index contributed by atoms with van der Waals surface area (Å²) in [5, 5.41) is 14.5. The minimum absolute atomic E-state index is 0.400. The Balaban J connectivity index is 2.27. The first-order valence-electron chi connectivity index (χ1n) is 4.91. The summed E-state index contributed by atoms with van der Waals surface area (Å²) in [4.78, 5) is 10.8. The molecule has 0 saturated heterocycles. The molecular weight excluding hydrogens is 298 g/mol. The van der Waals surface area contributed by atoms with Crippen LogP contribution in [0, 0.1) is 0 Å². The first-order chi connectivity index (χ1) is 8.71. The molecule has 1 aliphatic rings. The lowest BCUT2D eigenvalue weighted by atomic mass is 10.4. The van der Waals surface area contributed by atoms with Gasteiger partial charge < -0.3 is 5.11 Å². The van der Waals surface area contributed by atoms with E-state index in [1.807, 2.05) is 0 Å². The third-order valence-corrected chi connectivity index (χ3v) is 5.20. The lowest BCUT2D eigenvalue weighted by Gasteiger charge is -2.09. The van der Waals surface area contributed by atoms with Crippen LogP contribution in [0.1, 0.15) is 10.4 Å². The Labute approximate surface area is 108 Å². The van der Waals surface area contributed by atoms with Crippen LogP contribution in [-0.2, 0) is 19.9 Å². The summed E-state index contributed by atoms with van der Waals surface area (Å²) in [5.74, 6) is -1.85. The van der Waals surface area contributed by atoms with E-state index in [0.717, 1.165) is 11.6 Å². The van der Waals surface area contributed by atoms with Crippen molar-refractivity contribution in [2.75, 3.05) is 5.75 Å². The van der Waals surface area contributed by atoms with Crippen molar-refractivity contribution in [3.8, 4) is 0 Å². The highest BCUT2D eigenvalue weighted by molar-refractivity contribution is 7.94. The van der Waals surface area contributed by atoms with Gasteiger partial charge in [-0.3, -0.25) is 5.10 Å². The molecule has 3 N–H and O–H groups in total. The molecule has 1 unspecified atom stereocenters. The average Bonchev–Trinajstić information content (AvgIpc) is 2.84. The normalized spacial score (nSPS) is 21.6. The summed E-state index contributed by atoms with van der Waals surface area (Å²) in [6, 6.07) is -0.931. The van der Waals surface area contributed by atoms with Crippen LogP contribution in [0.4, 0.5) is 0 Å². The number of H-pyrrole nitrogens is 1. The third-order valence-electron chi connectivity index (χ3n) is 2.34. The van der Waals surface area contributed by atoms with Crippen molar-refractivity contribution in [3.63, 3.8) is 0 Å². The number of aromatic nitrogens is 2. The maximum absolute atomic E-state index is 11.9. The minimum atomic E-state index is -4.19. The van der Waals surface area contributed by atoms with Gasteiger partial charge in [-0.1, -0.05) is 6.08 Å². The number of sulfonamides is 1. The number of hydrogen-bond donors (Lipinski definition) is 3. The van der Waals surface area contributed by atoms with Crippen LogP contribution >= 0.6 is 0 Å². The van der Waals surface area contributed by atoms with Crippen molar-refractivity contribution in [1.82, 2.24) is 14.9 Å². The molecule has 2 rings (SSSR count). The Kier molecular flexibility index (Phi) is 3.20. The van der Waals surface area contributed by atoms with E-state index < -0.39 is 48.2 Å². The Morgan fingerprint density at radius 2 is 2.21 bits per heavy atom. The van der Waals surface area contributed by atoms with Gasteiger partial charge in [0.25, 0.3) is 10.0 Å². The molecule has 11 heteroatoms. The van der Waals surface area contributed by atoms with E-state index in [1.165, 1.54) is 6.08 Å². The molecule has 19 heavy (non-hydrogen) atoms. The van der Waals surface area contributed by atoms with Crippen molar-refractivity contribution >= 4 is 25.8 Å². The Morgan fingerprint density at radius 1 is 1.53 bits per heavy atom. The zero-order valence-corrected chi connectivity index (χ0v) is 10.9. The second-order valence-electron chi connectivity index (χ2n) is 3.80. The fraction of sp³-hybridized carbons (Fsp3) is 0.250. The number of carboxylic acid groups (broad SMARTS) is 1. The van der Waals surface area contributed by atoms with Crippen LogP contribution in [0.2, 0.25) is 0 Å². The maximum atomic E-state index is 11.9. The molecule has 2 heterocycles. The fourth-order valence-corrected chi connectivity index (χ4v) is 4.16. The molecule has 0 aromatic carbocycles. The van der Waals surface area contributed by atoms with Crippen molar-refractivity contribution in [2.24, 2.45) is 0 Å². The molecule has 1 aliphatic heterocycles. The monoisotopic (exact) mass is 307 g/mol. The van der Waals surface area contributed by atoms with Gasteiger partial charge in [0, 0.05) is 5.41 Å². The minimum Gasteiger partial charge on any atom is -0.478 e. The predicted molar refractivity (Wildman–Crippen MR) is 62.6 cm³/mol. The lowest BCUT2D eigenvalue weighted by Crippen LogP contribution is -2.36. The van der Waals surface area contributed by atoms with Gasteiger partial charge in [0.05, 0.1) is 18.0 Å². The standard InChI is InChI=1S/C8H9N3O6S2/c12-8(13)6-3-9-10-7(6)19(16,17)11-5-1-2-18(14,15)4-5/h1-3,5,11H,4H2,(H,9,10)(H,12,13). The van der Waals surface area contributed by atoms with Crippen LogP contribution in [0.5, 0.6) is 0 Å². The molecule has 0 amide bonds. The predicted octanol–water partition coefficient (Wildman–Crippen LogP) is -1.30. The second-order valence-corrected chi connectivity index (χ2v) is 7.39. The summed E-state index contributed by atoms with van der Waals surface area (Å²) in [6.07, 6.45) is 2.04. The Bertz CT molecular complexity index is 745. The first-order valence-corrected chi connectivity index (χ1v) is 8.11. The van der Waals surface area contributed by atoms with E-state index in [2.05, 4.69) is 14.9 Å². The van der Waals surface area contributed by atoms with Gasteiger partial charge >= 0.3 is 5.97 Å². The molecule has 0 spiro atoms. The van der Waals surface area contributed by atoms with Crippen molar-refractivity contribution in [1.29, 1.82) is 0 Å². The smallest absolute Gasteiger partial charge is 0.340 e. The van der Waals surface area contributed by atoms with Gasteiger partial charge in [0.2, 0.25) is 0 Å². The molecular formula is C8H9N3O6S2. The molecule has 0 fully saturated rings. The molecule has 104 valence electrons. The molecule has 1 atom stereocenters. The van der Waals surface area contributed by atoms with E-state index in [9.17, 15) is 21.6 Å². The van der Waals surface area contributed by atoms with Gasteiger partial charge in [0.1, 0.15) is 5.56 Å². The number of carboxylic acids is 1. The quantitative estimate of drug-likeness (QED) is 0.626. The van der Waals surface area contributed by atoms with E-state index in [0.29, 0.717) is 0 Å². The van der Waals surface area contributed by atoms with E-state index in [4.69, 9.17) is 5.11 Å². The topological polar surface area (TPSA) is 146 Å². The van der Waals surface area contributed by atoms with Crippen LogP contribution in [-0.4, -0.2) is 49.9 Å². The number of nitrogens with zero attached hydrogens (tertiary/aromatic N) is 1. The van der Waals surface area contributed by atoms with Gasteiger partial charge in [-0.15, -0.1) is 0 Å². The average molecular weight is 307 g/mol. The fourth-order valence-electron chi connectivity index (χ4n) is 1.54. The summed E-state index contributed by atoms with van der Waals surface area (Å²) in [6.45, 7) is 0. The Hall–Kier alpha value is -1.72. The van der Waals surface area contributed by atoms with Gasteiger partial charge in [-0.2, -0.15) is 5.10 Å². The molecule has 0 radical (unpaired) electrons. The van der Waals surface area contributed by atoms with Crippen molar-refractivity contribution in [3.05, 3.63) is 23.2 Å². The SMILES string of the molecule is O=C(O)c1cn[nH]c1S(=O)(=O)NC1C=CS(=O)(=O)C1. The van der Waals surface area contributed by atoms with E-state index >= 15 is 0 Å². The van der Waals surface area contributed by atoms with Crippen LogP contribution < -0.4 is 4.72 Å². The van der Waals surface area contributed by atoms with Gasteiger partial charge in [-0.05, 0) is 0 Å². The van der Waals surface area contributed by atoms with E-state index in [-0.39, 0.29) is 0 Å². The molecule has 0 aliphatic carbocycles. The first kappa shape index (κ1) is 13.7. The number of hydrogen-bond acceptors (Lipinski definition) is 6. The van der Waals surface area contributed by atoms with Gasteiger partial charge in [0.15, 0.2) is 14.9 Å². The Morgan fingerprint density at radius 3 is 2.74 bits per heavy atom. The number of aromatic amines is 1. The third kappa shape index (κ3) is 2.83. The molecule has 1 aromatic rings. The highest BCUT2D eigenvalue weighted by Crippen LogP contribution is 2.15. The number of nitrogens with one attached hydrogen (secondary N) is 2. The summed E-state index contributed by atoms with van der Waals surface area (Å²) in [7, 11) is -7.60. The van der Waals surface area contributed by atoms with Crippen LogP contribution in [0.15, 0.2) is 22.7 Å². The highest BCUT2D eigenvalue weighted by atomic mass is 32.2. The van der Waals surface area contributed by atoms with Crippen LogP contribution in [0.25, 0.3) is 0 Å². The summed E-state index contributed by atoms with van der Waals surface area (Å²) < 4.78 is 48.2. The largest absolute Gasteiger partial charge is 0.478 e. The zero-order chi connectivity index (χ0) is 14.3.